The summed E-state index contributed by atoms with van der Waals surface area (Å²) in [7, 11) is -4.02. The second-order valence-corrected chi connectivity index (χ2v) is 23.0. The van der Waals surface area contributed by atoms with Crippen LogP contribution in [0.3, 0.4) is 0 Å². The van der Waals surface area contributed by atoms with Gasteiger partial charge in [0.05, 0.1) is 32.5 Å². The number of allylic oxidation sites excluding steroid dienone is 1. The van der Waals surface area contributed by atoms with Crippen LogP contribution >= 0.6 is 34.5 Å². The number of aromatic nitrogens is 3. The van der Waals surface area contributed by atoms with Gasteiger partial charge in [0, 0.05) is 34.9 Å². The molecule has 2 aromatic carbocycles. The number of imidazole rings is 1. The largest absolute Gasteiger partial charge is 0.459 e. The SMILES string of the molecule is CC(C)n1c(O[C@@H]2C[C@H]3C(=O)N[C@]4(C(=O)NS(=O)(=O)C5(C)CC5)C[C@H]4/C=C\CCCCC[C@H](NC(=O)OC(C)(C)C)C(=O)N3C2)nc2c(-c3nc(-c4ccc(Cl)c(Cl)c4)cs3)cccc21. The molecule has 2 saturated carbocycles. The van der Waals surface area contributed by atoms with Gasteiger partial charge in [0.1, 0.15) is 39.9 Å². The summed E-state index contributed by atoms with van der Waals surface area (Å²) in [5.41, 5.74) is 1.37. The monoisotopic (exact) mass is 967 g/mol. The first-order valence-corrected chi connectivity index (χ1v) is 25.2. The van der Waals surface area contributed by atoms with E-state index in [9.17, 15) is 27.6 Å². The number of halogens is 2. The molecule has 3 fully saturated rings. The van der Waals surface area contributed by atoms with E-state index in [4.69, 9.17) is 42.6 Å². The minimum absolute atomic E-state index is 0.0129. The fourth-order valence-electron chi connectivity index (χ4n) is 8.58. The van der Waals surface area contributed by atoms with Crippen molar-refractivity contribution in [2.75, 3.05) is 6.54 Å². The predicted molar refractivity (Wildman–Crippen MR) is 250 cm³/mol. The molecule has 4 heterocycles. The van der Waals surface area contributed by atoms with E-state index in [0.29, 0.717) is 47.7 Å². The van der Waals surface area contributed by atoms with Crippen molar-refractivity contribution in [2.45, 2.75) is 139 Å². The van der Waals surface area contributed by atoms with Crippen LogP contribution in [0.15, 0.2) is 53.9 Å². The van der Waals surface area contributed by atoms with Gasteiger partial charge in [-0.05, 0) is 104 Å². The van der Waals surface area contributed by atoms with Gasteiger partial charge < -0.3 is 25.0 Å². The molecule has 0 bridgehead atoms. The van der Waals surface area contributed by atoms with Crippen molar-refractivity contribution in [3.63, 3.8) is 0 Å². The Kier molecular flexibility index (Phi) is 12.8. The standard InChI is InChI=1S/C46H55Cl2N7O8S2/c1-26(2)55-35-16-12-14-30(39-49-34(25-64-39)27-17-18-31(47)32(48)21-27)37(35)51-42(55)62-29-22-36-38(56)52-46(41(58)53-65(60,61)45(6)19-20-45)23-28(46)13-10-8-7-9-11-15-33(40(57)54(36)24-29)50-43(59)63-44(3,4)5/h10,12-14,16-18,21,25-26,28-29,33,36H,7-9,11,15,19-20,22-24H2,1-6H3,(H,50,59)(H,52,56)(H,53,58)/b13-10-/t28-,29-,33+,36+,46-/m1/s1. The molecule has 4 aromatic rings. The van der Waals surface area contributed by atoms with Gasteiger partial charge in [-0.2, -0.15) is 4.98 Å². The van der Waals surface area contributed by atoms with Crippen LogP contribution in [0.4, 0.5) is 4.79 Å². The maximum absolute atomic E-state index is 14.8. The number of fused-ring (bicyclic) bond motifs is 3. The molecule has 3 N–H and O–H groups in total. The third-order valence-electron chi connectivity index (χ3n) is 12.6. The third kappa shape index (κ3) is 9.75. The molecule has 5 atom stereocenters. The zero-order valence-electron chi connectivity index (χ0n) is 37.3. The van der Waals surface area contributed by atoms with Crippen molar-refractivity contribution in [3.8, 4) is 27.8 Å². The van der Waals surface area contributed by atoms with Gasteiger partial charge in [0.25, 0.3) is 11.9 Å². The van der Waals surface area contributed by atoms with E-state index < -0.39 is 73.8 Å². The predicted octanol–water partition coefficient (Wildman–Crippen LogP) is 8.35. The van der Waals surface area contributed by atoms with Gasteiger partial charge in [-0.3, -0.25) is 23.7 Å². The number of nitrogens with zero attached hydrogens (tertiary/aromatic N) is 4. The summed E-state index contributed by atoms with van der Waals surface area (Å²) in [4.78, 5) is 68.1. The van der Waals surface area contributed by atoms with Gasteiger partial charge in [-0.1, -0.05) is 60.3 Å². The van der Waals surface area contributed by atoms with Crippen molar-refractivity contribution < 1.29 is 37.1 Å². The van der Waals surface area contributed by atoms with Gasteiger partial charge in [-0.25, -0.2) is 18.2 Å². The summed E-state index contributed by atoms with van der Waals surface area (Å²) in [5.74, 6) is -2.42. The van der Waals surface area contributed by atoms with Crippen molar-refractivity contribution >= 4 is 79.4 Å². The number of alkyl carbamates (subject to hydrolysis) is 1. The first kappa shape index (κ1) is 46.8. The Morgan fingerprint density at radius 2 is 1.82 bits per heavy atom. The summed E-state index contributed by atoms with van der Waals surface area (Å²) in [6.07, 6.45) is 6.43. The Balaban J connectivity index is 1.12. The Bertz CT molecular complexity index is 2670. The van der Waals surface area contributed by atoms with Crippen LogP contribution in [0.2, 0.25) is 10.0 Å². The number of carbonyl (C=O) groups excluding carboxylic acids is 4. The van der Waals surface area contributed by atoms with Crippen molar-refractivity contribution in [1.29, 1.82) is 0 Å². The molecule has 2 aromatic heterocycles. The topological polar surface area (TPSA) is 191 Å². The minimum Gasteiger partial charge on any atom is -0.459 e. The number of amides is 4. The highest BCUT2D eigenvalue weighted by Gasteiger charge is 2.63. The lowest BCUT2D eigenvalue weighted by molar-refractivity contribution is -0.141. The summed E-state index contributed by atoms with van der Waals surface area (Å²) in [5, 5.41) is 9.23. The van der Waals surface area contributed by atoms with Crippen molar-refractivity contribution in [2.24, 2.45) is 5.92 Å². The fraction of sp³-hybridized carbons (Fsp3) is 0.522. The van der Waals surface area contributed by atoms with Crippen LogP contribution in [0, 0.1) is 5.92 Å². The Labute approximate surface area is 393 Å². The zero-order chi connectivity index (χ0) is 46.6. The highest BCUT2D eigenvalue weighted by atomic mass is 35.5. The molecule has 2 aliphatic carbocycles. The first-order chi connectivity index (χ1) is 30.7. The molecule has 8 rings (SSSR count). The van der Waals surface area contributed by atoms with Crippen LogP contribution in [0.25, 0.3) is 32.9 Å². The maximum Gasteiger partial charge on any atom is 0.408 e. The number of nitrogens with one attached hydrogen (secondary N) is 3. The molecule has 348 valence electrons. The van der Waals surface area contributed by atoms with Gasteiger partial charge in [0.15, 0.2) is 0 Å². The van der Waals surface area contributed by atoms with E-state index in [1.54, 1.807) is 39.8 Å². The highest BCUT2D eigenvalue weighted by Crippen LogP contribution is 2.48. The molecular formula is C46H55Cl2N7O8S2. The van der Waals surface area contributed by atoms with E-state index in [-0.39, 0.29) is 31.4 Å². The second kappa shape index (κ2) is 17.8. The Morgan fingerprint density at radius 1 is 1.05 bits per heavy atom. The van der Waals surface area contributed by atoms with Crippen molar-refractivity contribution in [3.05, 3.63) is 64.0 Å². The average Bonchev–Trinajstić information content (AvgIpc) is 3.90. The van der Waals surface area contributed by atoms with E-state index in [1.807, 2.05) is 60.2 Å². The maximum atomic E-state index is 14.8. The van der Waals surface area contributed by atoms with E-state index in [0.717, 1.165) is 40.2 Å². The third-order valence-corrected chi connectivity index (χ3v) is 16.4. The van der Waals surface area contributed by atoms with Gasteiger partial charge in [-0.15, -0.1) is 11.3 Å². The summed E-state index contributed by atoms with van der Waals surface area (Å²) in [6.45, 7) is 10.7. The lowest BCUT2D eigenvalue weighted by Crippen LogP contribution is -2.58. The number of benzene rings is 2. The number of hydrogen-bond acceptors (Lipinski definition) is 11. The Morgan fingerprint density at radius 3 is 2.52 bits per heavy atom. The number of rotatable bonds is 9. The first-order valence-electron chi connectivity index (χ1n) is 22.1. The number of para-hydroxylation sites is 1. The molecule has 4 aliphatic rings. The normalized spacial score (nSPS) is 25.2. The smallest absolute Gasteiger partial charge is 0.408 e. The quantitative estimate of drug-likeness (QED) is 0.138. The molecule has 15 nitrogen and oxygen atoms in total. The van der Waals surface area contributed by atoms with Crippen molar-refractivity contribution in [1.82, 2.24) is 34.8 Å². The molecule has 2 aliphatic heterocycles. The van der Waals surface area contributed by atoms with Gasteiger partial charge in [0.2, 0.25) is 21.8 Å². The number of carbonyl (C=O) groups is 4. The summed E-state index contributed by atoms with van der Waals surface area (Å²) in [6, 6.07) is 9.13. The summed E-state index contributed by atoms with van der Waals surface area (Å²) >= 11 is 14.0. The number of sulfonamides is 1. The zero-order valence-corrected chi connectivity index (χ0v) is 40.4. The number of hydrogen-bond donors (Lipinski definition) is 3. The lowest BCUT2D eigenvalue weighted by atomic mass is 10.0. The molecule has 1 saturated heterocycles. The molecule has 4 amide bonds. The van der Waals surface area contributed by atoms with E-state index >= 15 is 0 Å². The van der Waals surface area contributed by atoms with E-state index in [1.165, 1.54) is 16.2 Å². The number of ether oxygens (including phenoxy) is 2. The van der Waals surface area contributed by atoms with Crippen LogP contribution in [0.1, 0.15) is 105 Å². The van der Waals surface area contributed by atoms with Crippen LogP contribution < -0.4 is 20.1 Å². The second-order valence-electron chi connectivity index (χ2n) is 19.1. The number of thiazole rings is 1. The molecule has 19 heteroatoms. The molecule has 0 radical (unpaired) electrons. The Hall–Kier alpha value is -4.71. The van der Waals surface area contributed by atoms with Crippen LogP contribution in [-0.2, 0) is 29.1 Å². The average molecular weight is 969 g/mol. The van der Waals surface area contributed by atoms with Crippen LogP contribution in [0.5, 0.6) is 6.01 Å². The fourth-order valence-corrected chi connectivity index (χ4v) is 11.0. The van der Waals surface area contributed by atoms with Gasteiger partial charge >= 0.3 is 6.09 Å². The molecule has 0 unspecified atom stereocenters. The molecular weight excluding hydrogens is 914 g/mol. The summed E-state index contributed by atoms with van der Waals surface area (Å²) < 4.78 is 42.1. The minimum atomic E-state index is -4.02. The highest BCUT2D eigenvalue weighted by molar-refractivity contribution is 7.91. The molecule has 0 spiro atoms. The lowest BCUT2D eigenvalue weighted by Gasteiger charge is -2.30. The van der Waals surface area contributed by atoms with E-state index in [2.05, 4.69) is 15.4 Å². The molecule has 65 heavy (non-hydrogen) atoms. The van der Waals surface area contributed by atoms with Crippen LogP contribution in [-0.4, -0.2) is 92.3 Å².